The van der Waals surface area contributed by atoms with Crippen LogP contribution in [0.5, 0.6) is 0 Å². The van der Waals surface area contributed by atoms with Gasteiger partial charge in [-0.05, 0) is 25.5 Å². The summed E-state index contributed by atoms with van der Waals surface area (Å²) in [5.74, 6) is 1.81. The minimum atomic E-state index is 0.376. The Balaban J connectivity index is 1.99. The first-order chi connectivity index (χ1) is 9.61. The van der Waals surface area contributed by atoms with Crippen LogP contribution in [0.2, 0.25) is 5.02 Å². The van der Waals surface area contributed by atoms with Crippen molar-refractivity contribution in [3.63, 3.8) is 0 Å². The Morgan fingerprint density at radius 1 is 1.60 bits per heavy atom. The molecule has 2 rings (SSSR count). The van der Waals surface area contributed by atoms with Crippen molar-refractivity contribution in [1.82, 2.24) is 15.2 Å². The molecule has 0 radical (unpaired) electrons. The second-order valence-electron chi connectivity index (χ2n) is 5.08. The van der Waals surface area contributed by atoms with Gasteiger partial charge in [-0.25, -0.2) is 4.98 Å². The number of pyridine rings is 1. The topological polar surface area (TPSA) is 43.8 Å². The van der Waals surface area contributed by atoms with Crippen molar-refractivity contribution >= 4 is 23.4 Å². The van der Waals surface area contributed by atoms with E-state index in [4.69, 9.17) is 11.6 Å². The molecule has 0 aromatic carbocycles. The van der Waals surface area contributed by atoms with Gasteiger partial charge < -0.3 is 15.1 Å². The zero-order valence-electron chi connectivity index (χ0n) is 12.3. The molecular formula is C14H22ClN5. The smallest absolute Gasteiger partial charge is 0.193 e. The number of halogens is 1. The summed E-state index contributed by atoms with van der Waals surface area (Å²) in [5, 5.41) is 4.21. The molecule has 1 unspecified atom stereocenters. The summed E-state index contributed by atoms with van der Waals surface area (Å²) in [7, 11) is 4.01. The fourth-order valence-electron chi connectivity index (χ4n) is 2.33. The number of hydrogen-bond acceptors (Lipinski definition) is 3. The number of guanidine groups is 1. The van der Waals surface area contributed by atoms with Gasteiger partial charge in [-0.3, -0.25) is 4.99 Å². The molecule has 2 heterocycles. The predicted molar refractivity (Wildman–Crippen MR) is 84.7 cm³/mol. The Kier molecular flexibility index (Phi) is 5.06. The summed E-state index contributed by atoms with van der Waals surface area (Å²) in [6.07, 6.45) is 2.84. The second-order valence-corrected chi connectivity index (χ2v) is 5.48. The third kappa shape index (κ3) is 3.54. The molecule has 1 aromatic heterocycles. The van der Waals surface area contributed by atoms with Crippen LogP contribution in [-0.2, 0) is 0 Å². The van der Waals surface area contributed by atoms with Crippen LogP contribution in [0.25, 0.3) is 0 Å². The van der Waals surface area contributed by atoms with Gasteiger partial charge in [0.05, 0.1) is 5.02 Å². The highest BCUT2D eigenvalue weighted by molar-refractivity contribution is 6.32. The average molecular weight is 296 g/mol. The molecule has 20 heavy (non-hydrogen) atoms. The van der Waals surface area contributed by atoms with Crippen molar-refractivity contribution < 1.29 is 0 Å². The van der Waals surface area contributed by atoms with Crippen molar-refractivity contribution in [3.05, 3.63) is 23.4 Å². The summed E-state index contributed by atoms with van der Waals surface area (Å²) in [6.45, 7) is 4.68. The summed E-state index contributed by atoms with van der Waals surface area (Å²) >= 11 is 6.20. The Morgan fingerprint density at radius 2 is 2.40 bits per heavy atom. The molecule has 1 aliphatic heterocycles. The predicted octanol–water partition coefficient (Wildman–Crippen LogP) is 1.84. The molecule has 1 aromatic rings. The normalized spacial score (nSPS) is 19.3. The Morgan fingerprint density at radius 3 is 3.05 bits per heavy atom. The minimum absolute atomic E-state index is 0.376. The standard InChI is InChI=1S/C14H22ClN5/c1-4-16-14(19(2)3)18-11-7-9-20(10-11)13-12(15)6-5-8-17-13/h5-6,8,11H,4,7,9-10H2,1-3H3,(H,16,18). The zero-order chi connectivity index (χ0) is 14.5. The number of hydrogen-bond donors (Lipinski definition) is 1. The van der Waals surface area contributed by atoms with E-state index in [2.05, 4.69) is 20.2 Å². The summed E-state index contributed by atoms with van der Waals surface area (Å²) < 4.78 is 0. The highest BCUT2D eigenvalue weighted by Crippen LogP contribution is 2.25. The van der Waals surface area contributed by atoms with Crippen molar-refractivity contribution in [2.75, 3.05) is 38.6 Å². The lowest BCUT2D eigenvalue weighted by Crippen LogP contribution is -2.44. The molecule has 0 aliphatic carbocycles. The van der Waals surface area contributed by atoms with E-state index in [0.29, 0.717) is 11.1 Å². The van der Waals surface area contributed by atoms with Crippen LogP contribution in [-0.4, -0.2) is 55.6 Å². The third-order valence-corrected chi connectivity index (χ3v) is 3.59. The number of aliphatic imine (C=N–C) groups is 1. The molecule has 1 N–H and O–H groups in total. The highest BCUT2D eigenvalue weighted by atomic mass is 35.5. The van der Waals surface area contributed by atoms with Gasteiger partial charge in [0.15, 0.2) is 5.96 Å². The highest BCUT2D eigenvalue weighted by Gasteiger charge is 2.25. The van der Waals surface area contributed by atoms with Gasteiger partial charge in [0.25, 0.3) is 0 Å². The monoisotopic (exact) mass is 295 g/mol. The van der Waals surface area contributed by atoms with Crippen LogP contribution < -0.4 is 10.2 Å². The number of anilines is 1. The Labute approximate surface area is 125 Å². The first kappa shape index (κ1) is 14.9. The van der Waals surface area contributed by atoms with Crippen molar-refractivity contribution in [2.24, 2.45) is 4.99 Å². The fraction of sp³-hybridized carbons (Fsp3) is 0.571. The van der Waals surface area contributed by atoms with E-state index in [9.17, 15) is 0 Å². The lowest BCUT2D eigenvalue weighted by molar-refractivity contribution is 0.546. The lowest BCUT2D eigenvalue weighted by Gasteiger charge is -2.22. The molecule has 110 valence electrons. The molecule has 5 nitrogen and oxygen atoms in total. The lowest BCUT2D eigenvalue weighted by atomic mass is 10.3. The van der Waals surface area contributed by atoms with Gasteiger partial charge in [-0.1, -0.05) is 11.6 Å². The van der Waals surface area contributed by atoms with Gasteiger partial charge in [0.1, 0.15) is 5.82 Å². The molecule has 1 fully saturated rings. The summed E-state index contributed by atoms with van der Waals surface area (Å²) in [6, 6.07) is 4.12. The molecule has 0 saturated carbocycles. The van der Waals surface area contributed by atoms with Crippen LogP contribution >= 0.6 is 11.6 Å². The number of aromatic nitrogens is 1. The fourth-order valence-corrected chi connectivity index (χ4v) is 2.57. The number of nitrogens with zero attached hydrogens (tertiary/aromatic N) is 4. The molecule has 1 saturated heterocycles. The van der Waals surface area contributed by atoms with Gasteiger partial charge in [0, 0.05) is 46.0 Å². The van der Waals surface area contributed by atoms with Crippen LogP contribution in [0.4, 0.5) is 5.82 Å². The zero-order valence-corrected chi connectivity index (χ0v) is 13.1. The van der Waals surface area contributed by atoms with E-state index in [1.54, 1.807) is 6.20 Å². The maximum Gasteiger partial charge on any atom is 0.193 e. The Bertz CT molecular complexity index is 474. The van der Waals surface area contributed by atoms with E-state index in [1.165, 1.54) is 0 Å². The first-order valence-electron chi connectivity index (χ1n) is 6.95. The van der Waals surface area contributed by atoms with Gasteiger partial charge >= 0.3 is 0 Å². The summed E-state index contributed by atoms with van der Waals surface area (Å²) in [4.78, 5) is 13.1. The molecule has 0 spiro atoms. The van der Waals surface area contributed by atoms with E-state index in [-0.39, 0.29) is 0 Å². The van der Waals surface area contributed by atoms with Gasteiger partial charge in [0.2, 0.25) is 0 Å². The van der Waals surface area contributed by atoms with Gasteiger partial charge in [-0.15, -0.1) is 0 Å². The van der Waals surface area contributed by atoms with Crippen molar-refractivity contribution in [2.45, 2.75) is 19.4 Å². The maximum absolute atomic E-state index is 6.20. The van der Waals surface area contributed by atoms with Gasteiger partial charge in [-0.2, -0.15) is 0 Å². The second kappa shape index (κ2) is 6.79. The van der Waals surface area contributed by atoms with Crippen LogP contribution in [0.1, 0.15) is 13.3 Å². The van der Waals surface area contributed by atoms with E-state index in [1.807, 2.05) is 38.1 Å². The SMILES string of the molecule is CCN=C(NC1CCN(c2ncccc2Cl)C1)N(C)C. The van der Waals surface area contributed by atoms with E-state index in [0.717, 1.165) is 37.8 Å². The molecular weight excluding hydrogens is 274 g/mol. The molecule has 6 heteroatoms. The third-order valence-electron chi connectivity index (χ3n) is 3.29. The molecule has 1 atom stereocenters. The Hall–Kier alpha value is -1.49. The summed E-state index contributed by atoms with van der Waals surface area (Å²) in [5.41, 5.74) is 0. The van der Waals surface area contributed by atoms with E-state index >= 15 is 0 Å². The molecule has 0 amide bonds. The maximum atomic E-state index is 6.20. The van der Waals surface area contributed by atoms with E-state index < -0.39 is 0 Å². The van der Waals surface area contributed by atoms with Crippen molar-refractivity contribution in [1.29, 1.82) is 0 Å². The minimum Gasteiger partial charge on any atom is -0.353 e. The average Bonchev–Trinajstić information content (AvgIpc) is 2.87. The largest absolute Gasteiger partial charge is 0.353 e. The first-order valence-corrected chi connectivity index (χ1v) is 7.33. The van der Waals surface area contributed by atoms with Crippen LogP contribution in [0.3, 0.4) is 0 Å². The molecule has 1 aliphatic rings. The van der Waals surface area contributed by atoms with Crippen LogP contribution in [0.15, 0.2) is 23.3 Å². The van der Waals surface area contributed by atoms with Crippen molar-refractivity contribution in [3.8, 4) is 0 Å². The quantitative estimate of drug-likeness (QED) is 0.683. The number of rotatable bonds is 3. The van der Waals surface area contributed by atoms with Crippen LogP contribution in [0, 0.1) is 0 Å². The number of nitrogens with one attached hydrogen (secondary N) is 1. The molecule has 0 bridgehead atoms.